The first-order chi connectivity index (χ1) is 16.4. The molecule has 2 rings (SSSR count). The summed E-state index contributed by atoms with van der Waals surface area (Å²) in [6, 6.07) is 15.2. The topological polar surface area (TPSA) is 67.9 Å². The molecule has 0 aliphatic carbocycles. The molecule has 2 aromatic carbocycles. The largest absolute Gasteiger partial charge is 0.490 e. The van der Waals surface area contributed by atoms with Crippen molar-refractivity contribution in [3.63, 3.8) is 0 Å². The molecule has 2 atom stereocenters. The molecule has 2 amide bonds. The second-order valence-corrected chi connectivity index (χ2v) is 8.40. The van der Waals surface area contributed by atoms with E-state index < -0.39 is 6.04 Å². The maximum Gasteiger partial charge on any atom is 0.243 e. The van der Waals surface area contributed by atoms with Gasteiger partial charge in [-0.2, -0.15) is 0 Å². The summed E-state index contributed by atoms with van der Waals surface area (Å²) in [5.74, 6) is 1.26. The summed E-state index contributed by atoms with van der Waals surface area (Å²) in [5.41, 5.74) is 2.00. The number of amides is 2. The number of nitrogens with zero attached hydrogens (tertiary/aromatic N) is 1. The van der Waals surface area contributed by atoms with Crippen LogP contribution in [0.25, 0.3) is 0 Å². The summed E-state index contributed by atoms with van der Waals surface area (Å²) >= 11 is 0. The number of aryl methyl sites for hydroxylation is 1. The van der Waals surface area contributed by atoms with Gasteiger partial charge in [0.25, 0.3) is 0 Å². The summed E-state index contributed by atoms with van der Waals surface area (Å²) < 4.78 is 11.4. The lowest BCUT2D eigenvalue weighted by molar-refractivity contribution is -0.141. The van der Waals surface area contributed by atoms with Crippen LogP contribution in [0.15, 0.2) is 48.5 Å². The molecule has 0 radical (unpaired) electrons. The molecule has 0 saturated carbocycles. The van der Waals surface area contributed by atoms with E-state index in [1.165, 1.54) is 0 Å². The highest BCUT2D eigenvalue weighted by atomic mass is 16.5. The van der Waals surface area contributed by atoms with Crippen LogP contribution in [0.1, 0.15) is 65.0 Å². The van der Waals surface area contributed by atoms with Crippen LogP contribution in [0.3, 0.4) is 0 Å². The molecule has 2 aromatic rings. The highest BCUT2D eigenvalue weighted by Gasteiger charge is 2.29. The molecule has 1 N–H and O–H groups in total. The third-order valence-electron chi connectivity index (χ3n) is 5.82. The summed E-state index contributed by atoms with van der Waals surface area (Å²) in [7, 11) is 0. The average molecular weight is 469 g/mol. The lowest BCUT2D eigenvalue weighted by atomic mass is 10.1. The number of carbonyl (C=O) groups excluding carboxylic acids is 2. The van der Waals surface area contributed by atoms with Crippen molar-refractivity contribution in [3.8, 4) is 11.5 Å². The highest BCUT2D eigenvalue weighted by Crippen LogP contribution is 2.29. The van der Waals surface area contributed by atoms with Crippen molar-refractivity contribution in [2.75, 3.05) is 13.2 Å². The molecule has 6 nitrogen and oxygen atoms in total. The third-order valence-corrected chi connectivity index (χ3v) is 5.82. The molecular formula is C28H40N2O4. The number of carbonyl (C=O) groups is 2. The number of nitrogens with one attached hydrogen (secondary N) is 1. The summed E-state index contributed by atoms with van der Waals surface area (Å²) in [6.45, 7) is 11.3. The van der Waals surface area contributed by atoms with E-state index >= 15 is 0 Å². The van der Waals surface area contributed by atoms with Crippen LogP contribution in [-0.4, -0.2) is 42.0 Å². The fraction of sp³-hybridized carbons (Fsp3) is 0.500. The summed E-state index contributed by atoms with van der Waals surface area (Å²) in [5, 5.41) is 3.05. The second-order valence-electron chi connectivity index (χ2n) is 8.40. The quantitative estimate of drug-likeness (QED) is 0.417. The molecule has 0 saturated heterocycles. The molecule has 0 aromatic heterocycles. The van der Waals surface area contributed by atoms with Crippen molar-refractivity contribution < 1.29 is 19.1 Å². The smallest absolute Gasteiger partial charge is 0.243 e. The Bertz CT molecular complexity index is 901. The van der Waals surface area contributed by atoms with Crippen LogP contribution in [0.4, 0.5) is 0 Å². The van der Waals surface area contributed by atoms with Gasteiger partial charge in [0.2, 0.25) is 11.8 Å². The van der Waals surface area contributed by atoms with Crippen molar-refractivity contribution in [3.05, 3.63) is 59.7 Å². The molecule has 34 heavy (non-hydrogen) atoms. The van der Waals surface area contributed by atoms with E-state index in [4.69, 9.17) is 9.47 Å². The molecule has 0 heterocycles. The molecular weight excluding hydrogens is 428 g/mol. The normalized spacial score (nSPS) is 12.5. The van der Waals surface area contributed by atoms with Crippen molar-refractivity contribution >= 4 is 11.8 Å². The van der Waals surface area contributed by atoms with Gasteiger partial charge in [-0.05, 0) is 63.3 Å². The Balaban J connectivity index is 2.20. The Morgan fingerprint density at radius 1 is 0.882 bits per heavy atom. The monoisotopic (exact) mass is 468 g/mol. The first-order valence-electron chi connectivity index (χ1n) is 12.5. The maximum atomic E-state index is 13.5. The zero-order valence-corrected chi connectivity index (χ0v) is 21.3. The second kappa shape index (κ2) is 14.3. The van der Waals surface area contributed by atoms with Gasteiger partial charge < -0.3 is 19.7 Å². The van der Waals surface area contributed by atoms with Gasteiger partial charge >= 0.3 is 0 Å². The molecule has 0 aliphatic heterocycles. The molecule has 0 spiro atoms. The van der Waals surface area contributed by atoms with Crippen LogP contribution >= 0.6 is 0 Å². The minimum atomic E-state index is -0.513. The maximum absolute atomic E-state index is 13.5. The molecule has 0 bridgehead atoms. The van der Waals surface area contributed by atoms with Crippen LogP contribution in [0.2, 0.25) is 0 Å². The summed E-state index contributed by atoms with van der Waals surface area (Å²) in [6.07, 6.45) is 2.26. The number of hydrogen-bond acceptors (Lipinski definition) is 4. The van der Waals surface area contributed by atoms with Crippen LogP contribution < -0.4 is 14.8 Å². The third kappa shape index (κ3) is 8.08. The first-order valence-corrected chi connectivity index (χ1v) is 12.5. The van der Waals surface area contributed by atoms with Crippen molar-refractivity contribution in [1.82, 2.24) is 10.2 Å². The van der Waals surface area contributed by atoms with E-state index in [1.807, 2.05) is 83.1 Å². The fourth-order valence-electron chi connectivity index (χ4n) is 3.79. The van der Waals surface area contributed by atoms with Gasteiger partial charge in [0.1, 0.15) is 6.04 Å². The van der Waals surface area contributed by atoms with Gasteiger partial charge in [-0.25, -0.2) is 0 Å². The fourth-order valence-corrected chi connectivity index (χ4v) is 3.79. The SMILES string of the molecule is CCOc1ccc(CCC(=O)N(Cc2ccccc2)[C@H](CC)C(=O)N[C@H](C)CC)cc1OCC. The first kappa shape index (κ1) is 27.2. The van der Waals surface area contributed by atoms with Gasteiger partial charge in [0, 0.05) is 19.0 Å². The highest BCUT2D eigenvalue weighted by molar-refractivity contribution is 5.88. The lowest BCUT2D eigenvalue weighted by Gasteiger charge is -2.31. The molecule has 0 unspecified atom stereocenters. The Morgan fingerprint density at radius 3 is 2.18 bits per heavy atom. The minimum Gasteiger partial charge on any atom is -0.490 e. The average Bonchev–Trinajstić information content (AvgIpc) is 2.84. The number of benzene rings is 2. The van der Waals surface area contributed by atoms with Gasteiger partial charge in [-0.3, -0.25) is 9.59 Å². The van der Waals surface area contributed by atoms with E-state index in [1.54, 1.807) is 4.90 Å². The van der Waals surface area contributed by atoms with E-state index in [0.717, 1.165) is 17.5 Å². The Hall–Kier alpha value is -3.02. The van der Waals surface area contributed by atoms with Gasteiger partial charge in [-0.15, -0.1) is 0 Å². The number of hydrogen-bond donors (Lipinski definition) is 1. The standard InChI is InChI=1S/C28H40N2O4/c1-6-21(5)29-28(32)24(7-2)30(20-23-13-11-10-12-14-23)27(31)18-16-22-15-17-25(33-8-3)26(19-22)34-9-4/h10-15,17,19,21,24H,6-9,16,18,20H2,1-5H3,(H,29,32)/t21-,24-/m1/s1. The Morgan fingerprint density at radius 2 is 1.56 bits per heavy atom. The van der Waals surface area contributed by atoms with Gasteiger partial charge in [0.15, 0.2) is 11.5 Å². The lowest BCUT2D eigenvalue weighted by Crippen LogP contribution is -2.50. The predicted molar refractivity (Wildman–Crippen MR) is 136 cm³/mol. The van der Waals surface area contributed by atoms with Crippen molar-refractivity contribution in [2.24, 2.45) is 0 Å². The van der Waals surface area contributed by atoms with E-state index in [2.05, 4.69) is 5.32 Å². The molecule has 6 heteroatoms. The number of ether oxygens (including phenoxy) is 2. The van der Waals surface area contributed by atoms with E-state index in [-0.39, 0.29) is 17.9 Å². The van der Waals surface area contributed by atoms with Crippen molar-refractivity contribution in [2.45, 2.75) is 78.9 Å². The zero-order valence-electron chi connectivity index (χ0n) is 21.3. The van der Waals surface area contributed by atoms with Crippen LogP contribution in [-0.2, 0) is 22.6 Å². The van der Waals surface area contributed by atoms with Crippen LogP contribution in [0.5, 0.6) is 11.5 Å². The Kier molecular flexibility index (Phi) is 11.4. The molecule has 186 valence electrons. The molecule has 0 aliphatic rings. The predicted octanol–water partition coefficient (Wildman–Crippen LogP) is 5.14. The molecule has 0 fully saturated rings. The zero-order chi connectivity index (χ0) is 24.9. The van der Waals surface area contributed by atoms with E-state index in [9.17, 15) is 9.59 Å². The Labute approximate surface area is 204 Å². The minimum absolute atomic E-state index is 0.0400. The number of rotatable bonds is 14. The van der Waals surface area contributed by atoms with Gasteiger partial charge in [-0.1, -0.05) is 50.2 Å². The van der Waals surface area contributed by atoms with Crippen LogP contribution in [0, 0.1) is 0 Å². The van der Waals surface area contributed by atoms with Gasteiger partial charge in [0.05, 0.1) is 13.2 Å². The van der Waals surface area contributed by atoms with Crippen molar-refractivity contribution in [1.29, 1.82) is 0 Å². The summed E-state index contributed by atoms with van der Waals surface area (Å²) in [4.78, 5) is 28.2. The van der Waals surface area contributed by atoms with E-state index in [0.29, 0.717) is 50.5 Å².